The minimum atomic E-state index is -4.39. The first kappa shape index (κ1) is 19.3. The van der Waals surface area contributed by atoms with Gasteiger partial charge in [-0.3, -0.25) is 0 Å². The molecule has 2 aromatic rings. The minimum Gasteiger partial charge on any atom is -0.489 e. The Labute approximate surface area is 148 Å². The van der Waals surface area contributed by atoms with Gasteiger partial charge in [-0.25, -0.2) is 0 Å². The number of hydrogen-bond acceptors (Lipinski definition) is 5. The maximum atomic E-state index is 12.7. The van der Waals surface area contributed by atoms with Crippen LogP contribution in [0, 0.1) is 0 Å². The van der Waals surface area contributed by atoms with Crippen molar-refractivity contribution in [3.8, 4) is 5.75 Å². The van der Waals surface area contributed by atoms with Crippen LogP contribution < -0.4 is 4.74 Å². The van der Waals surface area contributed by atoms with Gasteiger partial charge in [0.2, 0.25) is 0 Å². The van der Waals surface area contributed by atoms with Gasteiger partial charge in [0.05, 0.1) is 5.56 Å². The number of nitrogens with zero attached hydrogens (tertiary/aromatic N) is 2. The van der Waals surface area contributed by atoms with Gasteiger partial charge < -0.3 is 14.8 Å². The van der Waals surface area contributed by atoms with Crippen molar-refractivity contribution >= 4 is 11.4 Å². The lowest BCUT2D eigenvalue weighted by Crippen LogP contribution is -2.12. The topological polar surface area (TPSA) is 63.4 Å². The van der Waals surface area contributed by atoms with Crippen LogP contribution in [0.3, 0.4) is 0 Å². The lowest BCUT2D eigenvalue weighted by atomic mass is 10.1. The van der Waals surface area contributed by atoms with E-state index in [0.29, 0.717) is 22.6 Å². The summed E-state index contributed by atoms with van der Waals surface area (Å²) < 4.78 is 43.7. The molecular weight excluding hydrogens is 349 g/mol. The van der Waals surface area contributed by atoms with E-state index in [-0.39, 0.29) is 12.3 Å². The van der Waals surface area contributed by atoms with Gasteiger partial charge in [0.1, 0.15) is 30.9 Å². The smallest absolute Gasteiger partial charge is 0.416 e. The molecular formula is C18H17F3N2O3. The third-order valence-electron chi connectivity index (χ3n) is 3.46. The van der Waals surface area contributed by atoms with Gasteiger partial charge in [0.25, 0.3) is 0 Å². The second-order valence-electron chi connectivity index (χ2n) is 5.32. The summed E-state index contributed by atoms with van der Waals surface area (Å²) in [5.74, 6) is 0.474. The molecule has 0 saturated carbocycles. The van der Waals surface area contributed by atoms with E-state index in [2.05, 4.69) is 10.3 Å². The zero-order valence-electron chi connectivity index (χ0n) is 14.1. The van der Waals surface area contributed by atoms with Gasteiger partial charge in [-0.1, -0.05) is 22.4 Å². The Morgan fingerprint density at radius 2 is 1.81 bits per heavy atom. The van der Waals surface area contributed by atoms with Crippen molar-refractivity contribution in [2.45, 2.75) is 19.7 Å². The molecule has 0 aliphatic heterocycles. The molecule has 0 saturated heterocycles. The maximum absolute atomic E-state index is 12.7. The lowest BCUT2D eigenvalue weighted by molar-refractivity contribution is -0.137. The van der Waals surface area contributed by atoms with E-state index in [4.69, 9.17) is 14.8 Å². The number of rotatable bonds is 6. The Kier molecular flexibility index (Phi) is 6.21. The highest BCUT2D eigenvalue weighted by Gasteiger charge is 2.30. The highest BCUT2D eigenvalue weighted by molar-refractivity contribution is 6.47. The van der Waals surface area contributed by atoms with Crippen LogP contribution in [0.15, 0.2) is 58.8 Å². The Morgan fingerprint density at radius 1 is 1.12 bits per heavy atom. The highest BCUT2D eigenvalue weighted by atomic mass is 19.4. The van der Waals surface area contributed by atoms with Crippen molar-refractivity contribution in [3.05, 3.63) is 65.2 Å². The largest absolute Gasteiger partial charge is 0.489 e. The summed E-state index contributed by atoms with van der Waals surface area (Å²) in [6, 6.07) is 11.6. The van der Waals surface area contributed by atoms with Crippen LogP contribution in [0.5, 0.6) is 5.75 Å². The van der Waals surface area contributed by atoms with E-state index < -0.39 is 11.7 Å². The van der Waals surface area contributed by atoms with Crippen LogP contribution in [0.4, 0.5) is 13.2 Å². The molecule has 0 radical (unpaired) electrons. The number of alkyl halides is 3. The zero-order chi connectivity index (χ0) is 19.2. The van der Waals surface area contributed by atoms with E-state index in [0.717, 1.165) is 12.1 Å². The van der Waals surface area contributed by atoms with Crippen LogP contribution >= 0.6 is 0 Å². The lowest BCUT2D eigenvalue weighted by Gasteiger charge is -2.10. The average Bonchev–Trinajstić information content (AvgIpc) is 2.64. The Balaban J connectivity index is 2.09. The van der Waals surface area contributed by atoms with Crippen LogP contribution in [-0.2, 0) is 17.6 Å². The van der Waals surface area contributed by atoms with E-state index >= 15 is 0 Å². The molecule has 0 heterocycles. The van der Waals surface area contributed by atoms with Gasteiger partial charge in [-0.15, -0.1) is 0 Å². The number of ether oxygens (including phenoxy) is 1. The van der Waals surface area contributed by atoms with Crippen molar-refractivity contribution < 1.29 is 28.0 Å². The van der Waals surface area contributed by atoms with Crippen LogP contribution in [-0.4, -0.2) is 23.7 Å². The van der Waals surface area contributed by atoms with E-state index in [1.54, 1.807) is 37.3 Å². The molecule has 0 aliphatic rings. The summed E-state index contributed by atoms with van der Waals surface area (Å²) in [6.07, 6.45) is -4.39. The molecule has 1 N–H and O–H groups in total. The van der Waals surface area contributed by atoms with Gasteiger partial charge in [0, 0.05) is 5.56 Å². The highest BCUT2D eigenvalue weighted by Crippen LogP contribution is 2.29. The zero-order valence-corrected chi connectivity index (χ0v) is 14.1. The molecule has 8 heteroatoms. The SMILES string of the molecule is CO/N=C(/C(C)=N/O)c1ccc(OCc2cccc(C(F)(F)F)c2)cc1. The fourth-order valence-corrected chi connectivity index (χ4v) is 2.18. The monoisotopic (exact) mass is 366 g/mol. The molecule has 0 spiro atoms. The van der Waals surface area contributed by atoms with Crippen molar-refractivity contribution in [1.82, 2.24) is 0 Å². The fourth-order valence-electron chi connectivity index (χ4n) is 2.18. The van der Waals surface area contributed by atoms with Crippen LogP contribution in [0.1, 0.15) is 23.6 Å². The minimum absolute atomic E-state index is 0.000585. The first-order valence-corrected chi connectivity index (χ1v) is 7.54. The maximum Gasteiger partial charge on any atom is 0.416 e. The third kappa shape index (κ3) is 4.98. The van der Waals surface area contributed by atoms with E-state index in [9.17, 15) is 13.2 Å². The number of oxime groups is 2. The molecule has 5 nitrogen and oxygen atoms in total. The quantitative estimate of drug-likeness (QED) is 0.466. The molecule has 138 valence electrons. The van der Waals surface area contributed by atoms with Gasteiger partial charge in [-0.05, 0) is 48.9 Å². The summed E-state index contributed by atoms with van der Waals surface area (Å²) >= 11 is 0. The van der Waals surface area contributed by atoms with Crippen LogP contribution in [0.25, 0.3) is 0 Å². The van der Waals surface area contributed by atoms with Crippen LogP contribution in [0.2, 0.25) is 0 Å². The molecule has 0 bridgehead atoms. The summed E-state index contributed by atoms with van der Waals surface area (Å²) in [5.41, 5.74) is 0.944. The molecule has 2 rings (SSSR count). The predicted molar refractivity (Wildman–Crippen MR) is 90.7 cm³/mol. The second kappa shape index (κ2) is 8.37. The average molecular weight is 366 g/mol. The number of hydrogen-bond donors (Lipinski definition) is 1. The Morgan fingerprint density at radius 3 is 2.38 bits per heavy atom. The fraction of sp³-hybridized carbons (Fsp3) is 0.222. The van der Waals surface area contributed by atoms with Crippen molar-refractivity contribution in [3.63, 3.8) is 0 Å². The number of halogens is 3. The third-order valence-corrected chi connectivity index (χ3v) is 3.46. The van der Waals surface area contributed by atoms with Crippen molar-refractivity contribution in [2.24, 2.45) is 10.3 Å². The van der Waals surface area contributed by atoms with E-state index in [1.165, 1.54) is 13.2 Å². The van der Waals surface area contributed by atoms with Gasteiger partial charge >= 0.3 is 6.18 Å². The van der Waals surface area contributed by atoms with Crippen molar-refractivity contribution in [1.29, 1.82) is 0 Å². The molecule has 0 unspecified atom stereocenters. The Hall–Kier alpha value is -3.03. The van der Waals surface area contributed by atoms with E-state index in [1.807, 2.05) is 0 Å². The second-order valence-corrected chi connectivity index (χ2v) is 5.32. The van der Waals surface area contributed by atoms with Crippen molar-refractivity contribution in [2.75, 3.05) is 7.11 Å². The predicted octanol–water partition coefficient (Wildman–Crippen LogP) is 4.49. The summed E-state index contributed by atoms with van der Waals surface area (Å²) in [6.45, 7) is 1.56. The molecule has 0 fully saturated rings. The first-order valence-electron chi connectivity index (χ1n) is 7.54. The van der Waals surface area contributed by atoms with Gasteiger partial charge in [-0.2, -0.15) is 13.2 Å². The molecule has 0 aliphatic carbocycles. The molecule has 26 heavy (non-hydrogen) atoms. The summed E-state index contributed by atoms with van der Waals surface area (Å²) in [7, 11) is 1.37. The number of benzene rings is 2. The summed E-state index contributed by atoms with van der Waals surface area (Å²) in [5, 5.41) is 15.8. The summed E-state index contributed by atoms with van der Waals surface area (Å²) in [4.78, 5) is 4.73. The first-order chi connectivity index (χ1) is 12.3. The molecule has 2 aromatic carbocycles. The standard InChI is InChI=1S/C18H17F3N2O3/c1-12(22-24)17(23-25-2)14-6-8-16(9-7-14)26-11-13-4-3-5-15(10-13)18(19,20)21/h3-10,24H,11H2,1-2H3/b22-12+,23-17-. The Bertz CT molecular complexity index is 800. The molecule has 0 atom stereocenters. The normalized spacial score (nSPS) is 12.8. The molecule has 0 aromatic heterocycles. The molecule has 0 amide bonds. The van der Waals surface area contributed by atoms with Gasteiger partial charge in [0.15, 0.2) is 0 Å².